The van der Waals surface area contributed by atoms with Crippen LogP contribution in [-0.4, -0.2) is 31.6 Å². The zero-order valence-corrected chi connectivity index (χ0v) is 13.5. The normalized spacial score (nSPS) is 18.4. The standard InChI is InChI=1S/C17H27ClN2/c1-14(16-7-3-4-8-17(16)18)20(2)13-5-6-15-9-11-19-12-10-15/h3-4,7-8,14-15,19H,5-6,9-13H2,1-2H3. The van der Waals surface area contributed by atoms with Crippen molar-refractivity contribution in [2.75, 3.05) is 26.7 Å². The van der Waals surface area contributed by atoms with Crippen LogP contribution in [0.25, 0.3) is 0 Å². The van der Waals surface area contributed by atoms with E-state index in [2.05, 4.69) is 36.3 Å². The van der Waals surface area contributed by atoms with Crippen molar-refractivity contribution in [3.05, 3.63) is 34.9 Å². The summed E-state index contributed by atoms with van der Waals surface area (Å²) in [5, 5.41) is 4.31. The molecule has 0 saturated carbocycles. The number of rotatable bonds is 6. The molecule has 1 aliphatic rings. The number of benzene rings is 1. The van der Waals surface area contributed by atoms with E-state index in [4.69, 9.17) is 11.6 Å². The Hall–Kier alpha value is -0.570. The maximum Gasteiger partial charge on any atom is 0.0453 e. The third-order valence-corrected chi connectivity index (χ3v) is 4.94. The second-order valence-electron chi connectivity index (χ2n) is 6.01. The van der Waals surface area contributed by atoms with E-state index in [1.54, 1.807) is 0 Å². The van der Waals surface area contributed by atoms with Gasteiger partial charge in [-0.05, 0) is 76.8 Å². The summed E-state index contributed by atoms with van der Waals surface area (Å²) in [5.74, 6) is 0.931. The van der Waals surface area contributed by atoms with Crippen molar-refractivity contribution in [3.8, 4) is 0 Å². The highest BCUT2D eigenvalue weighted by Gasteiger charge is 2.16. The SMILES string of the molecule is CC(c1ccccc1Cl)N(C)CCCC1CCNCC1. The van der Waals surface area contributed by atoms with Gasteiger partial charge in [-0.15, -0.1) is 0 Å². The fourth-order valence-electron chi connectivity index (χ4n) is 3.04. The number of nitrogens with one attached hydrogen (secondary N) is 1. The van der Waals surface area contributed by atoms with E-state index in [0.29, 0.717) is 6.04 Å². The molecule has 1 heterocycles. The summed E-state index contributed by atoms with van der Waals surface area (Å²) < 4.78 is 0. The Morgan fingerprint density at radius 1 is 1.30 bits per heavy atom. The van der Waals surface area contributed by atoms with Gasteiger partial charge >= 0.3 is 0 Å². The summed E-state index contributed by atoms with van der Waals surface area (Å²) in [6, 6.07) is 8.57. The van der Waals surface area contributed by atoms with Gasteiger partial charge < -0.3 is 5.32 Å². The number of nitrogens with zero attached hydrogens (tertiary/aromatic N) is 1. The molecule has 1 atom stereocenters. The molecule has 0 aliphatic carbocycles. The van der Waals surface area contributed by atoms with Gasteiger partial charge in [-0.2, -0.15) is 0 Å². The highest BCUT2D eigenvalue weighted by Crippen LogP contribution is 2.26. The van der Waals surface area contributed by atoms with Crippen LogP contribution in [0.5, 0.6) is 0 Å². The topological polar surface area (TPSA) is 15.3 Å². The number of halogens is 1. The van der Waals surface area contributed by atoms with E-state index in [0.717, 1.165) is 17.5 Å². The maximum atomic E-state index is 6.29. The zero-order valence-electron chi connectivity index (χ0n) is 12.7. The van der Waals surface area contributed by atoms with Crippen molar-refractivity contribution in [1.29, 1.82) is 0 Å². The van der Waals surface area contributed by atoms with Crippen molar-refractivity contribution in [3.63, 3.8) is 0 Å². The van der Waals surface area contributed by atoms with E-state index >= 15 is 0 Å². The molecule has 1 unspecified atom stereocenters. The van der Waals surface area contributed by atoms with Gasteiger partial charge in [-0.3, -0.25) is 4.90 Å². The van der Waals surface area contributed by atoms with Gasteiger partial charge in [0.05, 0.1) is 0 Å². The molecule has 0 amide bonds. The summed E-state index contributed by atoms with van der Waals surface area (Å²) in [6.07, 6.45) is 5.35. The van der Waals surface area contributed by atoms with Crippen molar-refractivity contribution >= 4 is 11.6 Å². The Kier molecular flexibility index (Phi) is 6.34. The number of hydrogen-bond acceptors (Lipinski definition) is 2. The van der Waals surface area contributed by atoms with Crippen LogP contribution in [0.2, 0.25) is 5.02 Å². The second kappa shape index (κ2) is 8.02. The lowest BCUT2D eigenvalue weighted by molar-refractivity contribution is 0.241. The molecule has 0 radical (unpaired) electrons. The maximum absolute atomic E-state index is 6.29. The molecule has 112 valence electrons. The minimum absolute atomic E-state index is 0.386. The predicted molar refractivity (Wildman–Crippen MR) is 87.3 cm³/mol. The van der Waals surface area contributed by atoms with E-state index < -0.39 is 0 Å². The third-order valence-electron chi connectivity index (χ3n) is 4.60. The van der Waals surface area contributed by atoms with Crippen LogP contribution in [0.1, 0.15) is 44.2 Å². The minimum atomic E-state index is 0.386. The Morgan fingerprint density at radius 3 is 2.70 bits per heavy atom. The zero-order chi connectivity index (χ0) is 14.4. The Bertz CT molecular complexity index is 402. The van der Waals surface area contributed by atoms with Gasteiger partial charge in [-0.1, -0.05) is 29.8 Å². The first-order chi connectivity index (χ1) is 9.68. The summed E-state index contributed by atoms with van der Waals surface area (Å²) in [5.41, 5.74) is 1.23. The lowest BCUT2D eigenvalue weighted by Crippen LogP contribution is -2.29. The van der Waals surface area contributed by atoms with E-state index in [1.807, 2.05) is 12.1 Å². The van der Waals surface area contributed by atoms with Crippen molar-refractivity contribution in [2.24, 2.45) is 5.92 Å². The fraction of sp³-hybridized carbons (Fsp3) is 0.647. The molecule has 1 aliphatic heterocycles. The highest BCUT2D eigenvalue weighted by molar-refractivity contribution is 6.31. The molecule has 0 aromatic heterocycles. The molecule has 1 N–H and O–H groups in total. The minimum Gasteiger partial charge on any atom is -0.317 e. The van der Waals surface area contributed by atoms with Crippen LogP contribution in [0.3, 0.4) is 0 Å². The van der Waals surface area contributed by atoms with Crippen molar-refractivity contribution < 1.29 is 0 Å². The first-order valence-electron chi connectivity index (χ1n) is 7.84. The molecule has 0 spiro atoms. The molecular formula is C17H27ClN2. The summed E-state index contributed by atoms with van der Waals surface area (Å²) in [7, 11) is 2.20. The first-order valence-corrected chi connectivity index (χ1v) is 8.21. The van der Waals surface area contributed by atoms with Gasteiger partial charge in [0.1, 0.15) is 0 Å². The van der Waals surface area contributed by atoms with Crippen LogP contribution in [-0.2, 0) is 0 Å². The van der Waals surface area contributed by atoms with Crippen LogP contribution in [0.4, 0.5) is 0 Å². The number of hydrogen-bond donors (Lipinski definition) is 1. The van der Waals surface area contributed by atoms with Crippen molar-refractivity contribution in [1.82, 2.24) is 10.2 Å². The molecular weight excluding hydrogens is 268 g/mol. The molecule has 2 nitrogen and oxygen atoms in total. The first kappa shape index (κ1) is 15.8. The Labute approximate surface area is 128 Å². The molecule has 20 heavy (non-hydrogen) atoms. The average Bonchev–Trinajstić information content (AvgIpc) is 2.48. The Morgan fingerprint density at radius 2 is 2.00 bits per heavy atom. The molecule has 1 aromatic rings. The Balaban J connectivity index is 1.76. The van der Waals surface area contributed by atoms with Gasteiger partial charge in [0.15, 0.2) is 0 Å². The predicted octanol–water partition coefficient (Wildman–Crippen LogP) is 4.11. The molecule has 1 saturated heterocycles. The monoisotopic (exact) mass is 294 g/mol. The molecule has 1 fully saturated rings. The quantitative estimate of drug-likeness (QED) is 0.849. The van der Waals surface area contributed by atoms with Gasteiger partial charge in [-0.25, -0.2) is 0 Å². The summed E-state index contributed by atoms with van der Waals surface area (Å²) in [6.45, 7) is 5.80. The lowest BCUT2D eigenvalue weighted by Gasteiger charge is -2.27. The van der Waals surface area contributed by atoms with Crippen LogP contribution in [0.15, 0.2) is 24.3 Å². The molecule has 1 aromatic carbocycles. The lowest BCUT2D eigenvalue weighted by atomic mass is 9.93. The fourth-order valence-corrected chi connectivity index (χ4v) is 3.34. The van der Waals surface area contributed by atoms with E-state index in [-0.39, 0.29) is 0 Å². The summed E-state index contributed by atoms with van der Waals surface area (Å²) >= 11 is 6.29. The molecule has 0 bridgehead atoms. The highest BCUT2D eigenvalue weighted by atomic mass is 35.5. The van der Waals surface area contributed by atoms with Gasteiger partial charge in [0.25, 0.3) is 0 Å². The summed E-state index contributed by atoms with van der Waals surface area (Å²) in [4.78, 5) is 2.42. The van der Waals surface area contributed by atoms with Crippen LogP contribution in [0, 0.1) is 5.92 Å². The van der Waals surface area contributed by atoms with Gasteiger partial charge in [0.2, 0.25) is 0 Å². The largest absolute Gasteiger partial charge is 0.317 e. The van der Waals surface area contributed by atoms with E-state index in [9.17, 15) is 0 Å². The number of piperidine rings is 1. The third kappa shape index (κ3) is 4.47. The average molecular weight is 295 g/mol. The second-order valence-corrected chi connectivity index (χ2v) is 6.42. The van der Waals surface area contributed by atoms with Crippen molar-refractivity contribution in [2.45, 2.75) is 38.6 Å². The molecule has 3 heteroatoms. The molecule has 2 rings (SSSR count). The smallest absolute Gasteiger partial charge is 0.0453 e. The van der Waals surface area contributed by atoms with Gasteiger partial charge in [0, 0.05) is 11.1 Å². The van der Waals surface area contributed by atoms with Crippen LogP contribution >= 0.6 is 11.6 Å². The van der Waals surface area contributed by atoms with E-state index in [1.165, 1.54) is 44.3 Å². The van der Waals surface area contributed by atoms with Crippen LogP contribution < -0.4 is 5.32 Å².